The van der Waals surface area contributed by atoms with E-state index < -0.39 is 11.0 Å². The zero-order chi connectivity index (χ0) is 16.8. The molecule has 1 fully saturated rings. The van der Waals surface area contributed by atoms with E-state index in [2.05, 4.69) is 16.4 Å². The van der Waals surface area contributed by atoms with Gasteiger partial charge in [0.2, 0.25) is 5.91 Å². The summed E-state index contributed by atoms with van der Waals surface area (Å²) in [6.45, 7) is 8.59. The third kappa shape index (κ3) is 2.55. The lowest BCUT2D eigenvalue weighted by molar-refractivity contribution is -0.166. The number of hydrogen-bond donors (Lipinski definition) is 2. The van der Waals surface area contributed by atoms with Crippen LogP contribution in [-0.4, -0.2) is 29.1 Å². The number of fused-ring (bicyclic) bond motifs is 1. The minimum Gasteiger partial charge on any atom is -0.378 e. The lowest BCUT2D eigenvalue weighted by Crippen LogP contribution is -2.74. The number of thiazole rings is 1. The minimum absolute atomic E-state index is 0.0151. The van der Waals surface area contributed by atoms with Crippen LogP contribution in [0.3, 0.4) is 0 Å². The number of carbonyl (C=O) groups excluding carboxylic acids is 1. The van der Waals surface area contributed by atoms with Crippen LogP contribution in [0.15, 0.2) is 18.2 Å². The van der Waals surface area contributed by atoms with Crippen molar-refractivity contribution in [3.63, 3.8) is 0 Å². The number of anilines is 1. The molecule has 1 aliphatic rings. The first-order valence-corrected chi connectivity index (χ1v) is 8.68. The molecule has 1 aliphatic carbocycles. The van der Waals surface area contributed by atoms with Crippen molar-refractivity contribution in [1.82, 2.24) is 4.98 Å². The standard InChI is InChI=1S/C17H23N3O2S/c1-5-22-13-9-17(18,16(13,3)4)14(21)20-15-19-11-7-6-10(2)8-12(11)23-15/h6-8,13H,5,9,18H2,1-4H3,(H,19,20,21). The highest BCUT2D eigenvalue weighted by Gasteiger charge is 2.63. The van der Waals surface area contributed by atoms with E-state index in [4.69, 9.17) is 10.5 Å². The first-order valence-electron chi connectivity index (χ1n) is 7.87. The maximum Gasteiger partial charge on any atom is 0.246 e. The smallest absolute Gasteiger partial charge is 0.246 e. The molecule has 0 saturated heterocycles. The van der Waals surface area contributed by atoms with Crippen molar-refractivity contribution in [3.8, 4) is 0 Å². The number of carbonyl (C=O) groups is 1. The number of ether oxygens (including phenoxy) is 1. The van der Waals surface area contributed by atoms with E-state index in [1.165, 1.54) is 16.9 Å². The molecule has 3 rings (SSSR count). The molecule has 1 amide bonds. The average Bonchev–Trinajstić information content (AvgIpc) is 2.87. The molecule has 0 radical (unpaired) electrons. The number of nitrogens with one attached hydrogen (secondary N) is 1. The van der Waals surface area contributed by atoms with E-state index in [9.17, 15) is 4.79 Å². The summed E-state index contributed by atoms with van der Waals surface area (Å²) < 4.78 is 6.74. The predicted octanol–water partition coefficient (Wildman–Crippen LogP) is 3.08. The lowest BCUT2D eigenvalue weighted by atomic mass is 9.54. The third-order valence-electron chi connectivity index (χ3n) is 5.00. The van der Waals surface area contributed by atoms with Crippen LogP contribution in [0.2, 0.25) is 0 Å². The number of hydrogen-bond acceptors (Lipinski definition) is 5. The van der Waals surface area contributed by atoms with E-state index >= 15 is 0 Å². The maximum atomic E-state index is 12.7. The Labute approximate surface area is 140 Å². The second-order valence-electron chi connectivity index (χ2n) is 6.79. The molecule has 3 N–H and O–H groups in total. The lowest BCUT2D eigenvalue weighted by Gasteiger charge is -2.57. The number of aromatic nitrogens is 1. The largest absolute Gasteiger partial charge is 0.378 e. The quantitative estimate of drug-likeness (QED) is 0.901. The fourth-order valence-corrected chi connectivity index (χ4v) is 4.07. The number of benzene rings is 1. The van der Waals surface area contributed by atoms with Gasteiger partial charge >= 0.3 is 0 Å². The van der Waals surface area contributed by atoms with Gasteiger partial charge in [0.25, 0.3) is 0 Å². The van der Waals surface area contributed by atoms with Crippen LogP contribution in [-0.2, 0) is 9.53 Å². The predicted molar refractivity (Wildman–Crippen MR) is 93.7 cm³/mol. The highest BCUT2D eigenvalue weighted by atomic mass is 32.1. The fourth-order valence-electron chi connectivity index (χ4n) is 3.11. The maximum absolute atomic E-state index is 12.7. The van der Waals surface area contributed by atoms with Crippen molar-refractivity contribution in [2.24, 2.45) is 11.1 Å². The first kappa shape index (κ1) is 16.4. The van der Waals surface area contributed by atoms with Crippen molar-refractivity contribution in [1.29, 1.82) is 0 Å². The Balaban J connectivity index is 1.78. The van der Waals surface area contributed by atoms with Gasteiger partial charge in [-0.15, -0.1) is 0 Å². The van der Waals surface area contributed by atoms with Gasteiger partial charge in [-0.05, 0) is 31.5 Å². The molecule has 124 valence electrons. The molecule has 1 aromatic carbocycles. The minimum atomic E-state index is -0.930. The highest BCUT2D eigenvalue weighted by molar-refractivity contribution is 7.22. The van der Waals surface area contributed by atoms with Crippen molar-refractivity contribution in [3.05, 3.63) is 23.8 Å². The van der Waals surface area contributed by atoms with Gasteiger partial charge in [-0.1, -0.05) is 31.3 Å². The van der Waals surface area contributed by atoms with Crippen molar-refractivity contribution >= 4 is 32.6 Å². The molecule has 0 bridgehead atoms. The molecule has 0 spiro atoms. The normalized spacial score (nSPS) is 26.0. The molecule has 1 heterocycles. The van der Waals surface area contributed by atoms with Gasteiger partial charge in [-0.25, -0.2) is 4.98 Å². The van der Waals surface area contributed by atoms with Crippen LogP contribution < -0.4 is 11.1 Å². The van der Waals surface area contributed by atoms with E-state index in [-0.39, 0.29) is 12.0 Å². The molecule has 2 atom stereocenters. The Kier molecular flexibility index (Phi) is 3.94. The number of nitrogens with zero attached hydrogens (tertiary/aromatic N) is 1. The van der Waals surface area contributed by atoms with Crippen LogP contribution in [0.25, 0.3) is 10.2 Å². The van der Waals surface area contributed by atoms with Gasteiger partial charge in [0.15, 0.2) is 5.13 Å². The molecule has 2 aromatic rings. The summed E-state index contributed by atoms with van der Waals surface area (Å²) in [5, 5.41) is 3.49. The molecule has 1 aromatic heterocycles. The highest BCUT2D eigenvalue weighted by Crippen LogP contribution is 2.50. The van der Waals surface area contributed by atoms with Gasteiger partial charge in [0.05, 0.1) is 16.3 Å². The number of nitrogens with two attached hydrogens (primary N) is 1. The second kappa shape index (κ2) is 5.54. The van der Waals surface area contributed by atoms with Crippen LogP contribution in [0, 0.1) is 12.3 Å². The topological polar surface area (TPSA) is 77.2 Å². The molecule has 5 nitrogen and oxygen atoms in total. The summed E-state index contributed by atoms with van der Waals surface area (Å²) in [6.07, 6.45) is 0.546. The molecule has 23 heavy (non-hydrogen) atoms. The van der Waals surface area contributed by atoms with Crippen molar-refractivity contribution in [2.75, 3.05) is 11.9 Å². The van der Waals surface area contributed by atoms with E-state index in [0.29, 0.717) is 18.2 Å². The van der Waals surface area contributed by atoms with E-state index in [1.807, 2.05) is 39.8 Å². The summed E-state index contributed by atoms with van der Waals surface area (Å²) in [5.74, 6) is -0.186. The first-order chi connectivity index (χ1) is 10.8. The molecular weight excluding hydrogens is 310 g/mol. The number of rotatable bonds is 4. The second-order valence-corrected chi connectivity index (χ2v) is 7.82. The van der Waals surface area contributed by atoms with Crippen molar-refractivity contribution < 1.29 is 9.53 Å². The summed E-state index contributed by atoms with van der Waals surface area (Å²) in [5.41, 5.74) is 7.13. The summed E-state index contributed by atoms with van der Waals surface area (Å²) >= 11 is 1.47. The molecule has 0 aliphatic heterocycles. The summed E-state index contributed by atoms with van der Waals surface area (Å²) in [6, 6.07) is 6.05. The zero-order valence-electron chi connectivity index (χ0n) is 14.0. The fraction of sp³-hybridized carbons (Fsp3) is 0.529. The van der Waals surface area contributed by atoms with Crippen LogP contribution >= 0.6 is 11.3 Å². The molecule has 6 heteroatoms. The van der Waals surface area contributed by atoms with E-state index in [0.717, 1.165) is 10.2 Å². The average molecular weight is 333 g/mol. The SMILES string of the molecule is CCOC1CC(N)(C(=O)Nc2nc3ccc(C)cc3s2)C1(C)C. The van der Waals surface area contributed by atoms with Crippen molar-refractivity contribution in [2.45, 2.75) is 45.8 Å². The summed E-state index contributed by atoms with van der Waals surface area (Å²) in [7, 11) is 0. The molecular formula is C17H23N3O2S. The Bertz CT molecular complexity index is 755. The van der Waals surface area contributed by atoms with Crippen LogP contribution in [0.5, 0.6) is 0 Å². The Morgan fingerprint density at radius 2 is 2.26 bits per heavy atom. The molecule has 1 saturated carbocycles. The van der Waals surface area contributed by atoms with E-state index in [1.54, 1.807) is 0 Å². The molecule has 2 unspecified atom stereocenters. The van der Waals surface area contributed by atoms with Gasteiger partial charge in [0, 0.05) is 18.4 Å². The number of aryl methyl sites for hydroxylation is 1. The Morgan fingerprint density at radius 1 is 1.52 bits per heavy atom. The number of amides is 1. The zero-order valence-corrected chi connectivity index (χ0v) is 14.8. The summed E-state index contributed by atoms with van der Waals surface area (Å²) in [4.78, 5) is 17.2. The monoisotopic (exact) mass is 333 g/mol. The van der Waals surface area contributed by atoms with Gasteiger partial charge < -0.3 is 15.8 Å². The van der Waals surface area contributed by atoms with Gasteiger partial charge in [0.1, 0.15) is 5.54 Å². The van der Waals surface area contributed by atoms with Crippen LogP contribution in [0.4, 0.5) is 5.13 Å². The van der Waals surface area contributed by atoms with Gasteiger partial charge in [-0.2, -0.15) is 0 Å². The Morgan fingerprint density at radius 3 is 2.91 bits per heavy atom. The Hall–Kier alpha value is -1.50. The third-order valence-corrected chi connectivity index (χ3v) is 5.93. The van der Waals surface area contributed by atoms with Crippen LogP contribution in [0.1, 0.15) is 32.8 Å². The van der Waals surface area contributed by atoms with Gasteiger partial charge in [-0.3, -0.25) is 4.79 Å².